The van der Waals surface area contributed by atoms with Crippen LogP contribution in [0.3, 0.4) is 0 Å². The molecular weight excluding hydrogens is 244 g/mol. The van der Waals surface area contributed by atoms with E-state index in [1.807, 2.05) is 11.4 Å². The van der Waals surface area contributed by atoms with Gasteiger partial charge in [0.15, 0.2) is 5.16 Å². The molecule has 0 atom stereocenters. The highest BCUT2D eigenvalue weighted by Crippen LogP contribution is 2.19. The molecule has 0 aliphatic carbocycles. The predicted octanol–water partition coefficient (Wildman–Crippen LogP) is 1.73. The van der Waals surface area contributed by atoms with Crippen molar-refractivity contribution in [3.05, 3.63) is 21.8 Å². The van der Waals surface area contributed by atoms with Gasteiger partial charge in [-0.2, -0.15) is 0 Å². The standard InChI is InChI=1S/C10H12N2O2S2/c1-12-9(13)8-7(3-5-15-8)11-10(12)16-6-4-14-2/h3,5H,4,6H2,1-2H3. The smallest absolute Gasteiger partial charge is 0.271 e. The summed E-state index contributed by atoms with van der Waals surface area (Å²) in [5.41, 5.74) is 0.813. The molecule has 0 saturated carbocycles. The predicted molar refractivity (Wildman–Crippen MR) is 67.5 cm³/mol. The second-order valence-electron chi connectivity index (χ2n) is 3.23. The van der Waals surface area contributed by atoms with E-state index in [1.54, 1.807) is 18.7 Å². The molecule has 0 unspecified atom stereocenters. The number of nitrogens with zero attached hydrogens (tertiary/aromatic N) is 2. The first-order valence-corrected chi connectivity index (χ1v) is 6.66. The lowest BCUT2D eigenvalue weighted by molar-refractivity contribution is 0.218. The van der Waals surface area contributed by atoms with Crippen molar-refractivity contribution >= 4 is 33.3 Å². The second-order valence-corrected chi connectivity index (χ2v) is 5.21. The third kappa shape index (κ3) is 2.14. The van der Waals surface area contributed by atoms with Crippen LogP contribution in [0, 0.1) is 0 Å². The maximum absolute atomic E-state index is 11.9. The third-order valence-electron chi connectivity index (χ3n) is 2.16. The molecule has 0 aromatic carbocycles. The summed E-state index contributed by atoms with van der Waals surface area (Å²) < 4.78 is 7.29. The molecule has 0 amide bonds. The van der Waals surface area contributed by atoms with E-state index < -0.39 is 0 Å². The van der Waals surface area contributed by atoms with E-state index in [1.165, 1.54) is 23.1 Å². The van der Waals surface area contributed by atoms with E-state index in [0.29, 0.717) is 6.61 Å². The summed E-state index contributed by atoms with van der Waals surface area (Å²) in [5, 5.41) is 2.64. The van der Waals surface area contributed by atoms with Crippen molar-refractivity contribution in [2.75, 3.05) is 19.5 Å². The molecule has 0 aliphatic rings. The van der Waals surface area contributed by atoms with Crippen LogP contribution in [0.5, 0.6) is 0 Å². The molecule has 0 saturated heterocycles. The molecule has 0 radical (unpaired) electrons. The van der Waals surface area contributed by atoms with E-state index >= 15 is 0 Å². The molecule has 0 N–H and O–H groups in total. The minimum absolute atomic E-state index is 0.0277. The lowest BCUT2D eigenvalue weighted by Gasteiger charge is -2.06. The van der Waals surface area contributed by atoms with Crippen molar-refractivity contribution < 1.29 is 4.74 Å². The average Bonchev–Trinajstić information content (AvgIpc) is 2.73. The van der Waals surface area contributed by atoms with E-state index in [-0.39, 0.29) is 5.56 Å². The number of ether oxygens (including phenoxy) is 1. The van der Waals surface area contributed by atoms with Crippen LogP contribution >= 0.6 is 23.1 Å². The summed E-state index contributed by atoms with van der Waals surface area (Å²) in [6.45, 7) is 0.655. The quantitative estimate of drug-likeness (QED) is 0.475. The van der Waals surface area contributed by atoms with Crippen molar-refractivity contribution in [3.8, 4) is 0 Å². The Hall–Kier alpha value is -0.850. The van der Waals surface area contributed by atoms with Crippen molar-refractivity contribution in [2.24, 2.45) is 7.05 Å². The Kier molecular flexibility index (Phi) is 3.63. The molecule has 16 heavy (non-hydrogen) atoms. The zero-order valence-corrected chi connectivity index (χ0v) is 10.7. The van der Waals surface area contributed by atoms with Gasteiger partial charge in [0.05, 0.1) is 12.1 Å². The normalized spacial score (nSPS) is 11.1. The number of rotatable bonds is 4. The highest BCUT2D eigenvalue weighted by Gasteiger charge is 2.09. The Morgan fingerprint density at radius 1 is 1.62 bits per heavy atom. The van der Waals surface area contributed by atoms with E-state index in [4.69, 9.17) is 4.74 Å². The Morgan fingerprint density at radius 2 is 2.44 bits per heavy atom. The monoisotopic (exact) mass is 256 g/mol. The molecule has 0 aliphatic heterocycles. The molecule has 0 bridgehead atoms. The fourth-order valence-corrected chi connectivity index (χ4v) is 2.99. The van der Waals surface area contributed by atoms with Crippen molar-refractivity contribution in [1.82, 2.24) is 9.55 Å². The van der Waals surface area contributed by atoms with Gasteiger partial charge in [-0.3, -0.25) is 9.36 Å². The van der Waals surface area contributed by atoms with Gasteiger partial charge in [-0.05, 0) is 11.4 Å². The van der Waals surface area contributed by atoms with E-state index in [2.05, 4.69) is 4.98 Å². The minimum atomic E-state index is 0.0277. The maximum Gasteiger partial charge on any atom is 0.271 e. The molecule has 2 heterocycles. The number of methoxy groups -OCH3 is 1. The third-order valence-corrected chi connectivity index (χ3v) is 4.05. The van der Waals surface area contributed by atoms with Gasteiger partial charge in [0, 0.05) is 19.9 Å². The molecule has 0 spiro atoms. The Bertz CT molecular complexity index is 547. The molecule has 2 aromatic rings. The summed E-state index contributed by atoms with van der Waals surface area (Å²) in [7, 11) is 3.42. The number of thiophene rings is 1. The van der Waals surface area contributed by atoms with Crippen LogP contribution in [0.15, 0.2) is 21.4 Å². The minimum Gasteiger partial charge on any atom is -0.384 e. The van der Waals surface area contributed by atoms with Crippen LogP contribution in [0.4, 0.5) is 0 Å². The first-order valence-electron chi connectivity index (χ1n) is 4.80. The molecule has 2 rings (SSSR count). The summed E-state index contributed by atoms with van der Waals surface area (Å²) in [4.78, 5) is 16.4. The largest absolute Gasteiger partial charge is 0.384 e. The van der Waals surface area contributed by atoms with Crippen molar-refractivity contribution in [1.29, 1.82) is 0 Å². The van der Waals surface area contributed by atoms with Crippen LogP contribution < -0.4 is 5.56 Å². The molecule has 6 heteroatoms. The van der Waals surface area contributed by atoms with Crippen LogP contribution in [-0.2, 0) is 11.8 Å². The second kappa shape index (κ2) is 4.99. The van der Waals surface area contributed by atoms with Crippen molar-refractivity contribution in [3.63, 3.8) is 0 Å². The van der Waals surface area contributed by atoms with Gasteiger partial charge >= 0.3 is 0 Å². The molecule has 0 fully saturated rings. The first-order chi connectivity index (χ1) is 7.74. The fourth-order valence-electron chi connectivity index (χ4n) is 1.31. The Labute approximate surface area is 101 Å². The lowest BCUT2D eigenvalue weighted by atomic mass is 10.5. The highest BCUT2D eigenvalue weighted by molar-refractivity contribution is 7.99. The van der Waals surface area contributed by atoms with Gasteiger partial charge in [0.2, 0.25) is 0 Å². The zero-order chi connectivity index (χ0) is 11.5. The van der Waals surface area contributed by atoms with Gasteiger partial charge < -0.3 is 4.74 Å². The molecule has 2 aromatic heterocycles. The molecule has 86 valence electrons. The van der Waals surface area contributed by atoms with E-state index in [0.717, 1.165) is 21.1 Å². The number of hydrogen-bond acceptors (Lipinski definition) is 5. The van der Waals surface area contributed by atoms with Gasteiger partial charge in [-0.25, -0.2) is 4.98 Å². The average molecular weight is 256 g/mol. The number of fused-ring (bicyclic) bond motifs is 1. The number of aromatic nitrogens is 2. The SMILES string of the molecule is COCCSc1nc2ccsc2c(=O)n1C. The van der Waals surface area contributed by atoms with Crippen molar-refractivity contribution in [2.45, 2.75) is 5.16 Å². The summed E-state index contributed by atoms with van der Waals surface area (Å²) in [5.74, 6) is 0.798. The topological polar surface area (TPSA) is 44.1 Å². The lowest BCUT2D eigenvalue weighted by Crippen LogP contribution is -2.19. The summed E-state index contributed by atoms with van der Waals surface area (Å²) in [6.07, 6.45) is 0. The fraction of sp³-hybridized carbons (Fsp3) is 0.400. The summed E-state index contributed by atoms with van der Waals surface area (Å²) >= 11 is 2.97. The highest BCUT2D eigenvalue weighted by atomic mass is 32.2. The van der Waals surface area contributed by atoms with Gasteiger partial charge in [-0.15, -0.1) is 11.3 Å². The van der Waals surface area contributed by atoms with Gasteiger partial charge in [0.1, 0.15) is 4.70 Å². The van der Waals surface area contributed by atoms with Gasteiger partial charge in [0.25, 0.3) is 5.56 Å². The Morgan fingerprint density at radius 3 is 3.19 bits per heavy atom. The first kappa shape index (κ1) is 11.6. The van der Waals surface area contributed by atoms with Crippen LogP contribution in [-0.4, -0.2) is 29.0 Å². The molecule has 4 nitrogen and oxygen atoms in total. The number of hydrogen-bond donors (Lipinski definition) is 0. The zero-order valence-electron chi connectivity index (χ0n) is 9.10. The molecular formula is C10H12N2O2S2. The van der Waals surface area contributed by atoms with Gasteiger partial charge in [-0.1, -0.05) is 11.8 Å². The maximum atomic E-state index is 11.9. The van der Waals surface area contributed by atoms with Crippen LogP contribution in [0.25, 0.3) is 10.2 Å². The van der Waals surface area contributed by atoms with Crippen LogP contribution in [0.1, 0.15) is 0 Å². The Balaban J connectivity index is 2.37. The van der Waals surface area contributed by atoms with Crippen LogP contribution in [0.2, 0.25) is 0 Å². The summed E-state index contributed by atoms with van der Waals surface area (Å²) in [6, 6.07) is 1.88. The number of thioether (sulfide) groups is 1. The van der Waals surface area contributed by atoms with E-state index in [9.17, 15) is 4.79 Å².